The van der Waals surface area contributed by atoms with E-state index < -0.39 is 18.0 Å². The maximum atomic E-state index is 13.2. The van der Waals surface area contributed by atoms with E-state index in [0.29, 0.717) is 10.2 Å². The fourth-order valence-electron chi connectivity index (χ4n) is 2.56. The van der Waals surface area contributed by atoms with Gasteiger partial charge in [0.25, 0.3) is 5.82 Å². The summed E-state index contributed by atoms with van der Waals surface area (Å²) in [7, 11) is 1.20. The van der Waals surface area contributed by atoms with Gasteiger partial charge >= 0.3 is 12.1 Å². The molecule has 1 heterocycles. The molecule has 0 amide bonds. The number of methoxy groups -OCH3 is 1. The maximum absolute atomic E-state index is 13.2. The van der Waals surface area contributed by atoms with Crippen molar-refractivity contribution in [1.29, 1.82) is 0 Å². The Kier molecular flexibility index (Phi) is 4.45. The number of benzene rings is 2. The molecule has 0 aliphatic heterocycles. The van der Waals surface area contributed by atoms with Crippen LogP contribution in [0.15, 0.2) is 42.5 Å². The lowest BCUT2D eigenvalue weighted by Gasteiger charge is -2.15. The molecule has 0 spiro atoms. The highest BCUT2D eigenvalue weighted by molar-refractivity contribution is 5.94. The van der Waals surface area contributed by atoms with E-state index in [1.165, 1.54) is 20.1 Å². The molecule has 6 nitrogen and oxygen atoms in total. The van der Waals surface area contributed by atoms with Crippen LogP contribution in [-0.4, -0.2) is 33.3 Å². The van der Waals surface area contributed by atoms with Crippen LogP contribution in [0.25, 0.3) is 16.8 Å². The molecule has 0 aliphatic carbocycles. The van der Waals surface area contributed by atoms with Gasteiger partial charge in [-0.25, -0.2) is 4.79 Å². The van der Waals surface area contributed by atoms with Crippen molar-refractivity contribution in [2.45, 2.75) is 13.1 Å². The minimum absolute atomic E-state index is 0.0454. The molecule has 0 aliphatic rings. The van der Waals surface area contributed by atoms with Crippen molar-refractivity contribution in [3.05, 3.63) is 59.4 Å². The SMILES string of the molecule is COC(=O)c1cc(-c2ccccc2)cc(-n2nnnc2C(F)(F)F)c1C. The van der Waals surface area contributed by atoms with Gasteiger partial charge in [-0.05, 0) is 46.2 Å². The zero-order valence-corrected chi connectivity index (χ0v) is 13.8. The third-order valence-electron chi connectivity index (χ3n) is 3.84. The van der Waals surface area contributed by atoms with Crippen molar-refractivity contribution >= 4 is 5.97 Å². The van der Waals surface area contributed by atoms with Gasteiger partial charge in [-0.1, -0.05) is 30.3 Å². The average Bonchev–Trinajstić information content (AvgIpc) is 3.12. The summed E-state index contributed by atoms with van der Waals surface area (Å²) in [4.78, 5) is 12.1. The first kappa shape index (κ1) is 17.6. The number of hydrogen-bond acceptors (Lipinski definition) is 5. The van der Waals surface area contributed by atoms with Crippen LogP contribution in [0, 0.1) is 6.92 Å². The molecule has 1 aromatic heterocycles. The van der Waals surface area contributed by atoms with Crippen molar-refractivity contribution in [1.82, 2.24) is 20.2 Å². The first-order valence-electron chi connectivity index (χ1n) is 7.47. The molecule has 0 unspecified atom stereocenters. The summed E-state index contributed by atoms with van der Waals surface area (Å²) in [5.41, 5.74) is 1.71. The van der Waals surface area contributed by atoms with Crippen LogP contribution in [0.4, 0.5) is 13.2 Å². The molecule has 26 heavy (non-hydrogen) atoms. The van der Waals surface area contributed by atoms with Crippen LogP contribution >= 0.6 is 0 Å². The quantitative estimate of drug-likeness (QED) is 0.668. The van der Waals surface area contributed by atoms with E-state index in [9.17, 15) is 18.0 Å². The maximum Gasteiger partial charge on any atom is 0.453 e. The minimum Gasteiger partial charge on any atom is -0.465 e. The van der Waals surface area contributed by atoms with E-state index in [1.54, 1.807) is 30.3 Å². The third kappa shape index (κ3) is 3.15. The summed E-state index contributed by atoms with van der Waals surface area (Å²) < 4.78 is 44.9. The zero-order valence-electron chi connectivity index (χ0n) is 13.8. The number of hydrogen-bond donors (Lipinski definition) is 0. The number of esters is 1. The highest BCUT2D eigenvalue weighted by Gasteiger charge is 2.39. The molecule has 0 saturated carbocycles. The summed E-state index contributed by atoms with van der Waals surface area (Å²) in [6.07, 6.45) is -4.75. The van der Waals surface area contributed by atoms with Crippen LogP contribution in [0.2, 0.25) is 0 Å². The fourth-order valence-corrected chi connectivity index (χ4v) is 2.56. The Labute approximate surface area is 146 Å². The molecular weight excluding hydrogens is 349 g/mol. The average molecular weight is 362 g/mol. The Morgan fingerprint density at radius 2 is 1.81 bits per heavy atom. The molecule has 3 aromatic rings. The van der Waals surface area contributed by atoms with Crippen molar-refractivity contribution in [3.63, 3.8) is 0 Å². The summed E-state index contributed by atoms with van der Waals surface area (Å²) in [5, 5.41) is 9.65. The Hall–Kier alpha value is -3.23. The van der Waals surface area contributed by atoms with Crippen LogP contribution in [0.5, 0.6) is 0 Å². The molecule has 0 saturated heterocycles. The molecule has 0 fully saturated rings. The van der Waals surface area contributed by atoms with Gasteiger partial charge in [0.05, 0.1) is 18.4 Å². The van der Waals surface area contributed by atoms with Gasteiger partial charge in [-0.15, -0.1) is 5.10 Å². The van der Waals surface area contributed by atoms with Crippen LogP contribution in [-0.2, 0) is 10.9 Å². The number of tetrazole rings is 1. The van der Waals surface area contributed by atoms with Gasteiger partial charge in [-0.2, -0.15) is 17.9 Å². The van der Waals surface area contributed by atoms with Gasteiger partial charge in [0, 0.05) is 0 Å². The Morgan fingerprint density at radius 3 is 2.42 bits per heavy atom. The molecule has 0 radical (unpaired) electrons. The van der Waals surface area contributed by atoms with Crippen molar-refractivity contribution < 1.29 is 22.7 Å². The van der Waals surface area contributed by atoms with Gasteiger partial charge in [0.2, 0.25) is 0 Å². The fraction of sp³-hybridized carbons (Fsp3) is 0.176. The second-order valence-electron chi connectivity index (χ2n) is 5.44. The highest BCUT2D eigenvalue weighted by atomic mass is 19.4. The third-order valence-corrected chi connectivity index (χ3v) is 3.84. The van der Waals surface area contributed by atoms with Gasteiger partial charge in [0.1, 0.15) is 0 Å². The van der Waals surface area contributed by atoms with Gasteiger partial charge < -0.3 is 4.74 Å². The molecule has 0 bridgehead atoms. The van der Waals surface area contributed by atoms with Crippen molar-refractivity contribution in [2.75, 3.05) is 7.11 Å². The summed E-state index contributed by atoms with van der Waals surface area (Å²) >= 11 is 0. The minimum atomic E-state index is -4.75. The molecular formula is C17H13F3N4O2. The second kappa shape index (κ2) is 6.58. The van der Waals surface area contributed by atoms with Crippen molar-refractivity contribution in [3.8, 4) is 16.8 Å². The zero-order chi connectivity index (χ0) is 18.9. The topological polar surface area (TPSA) is 69.9 Å². The predicted octanol–water partition coefficient (Wildman–Crippen LogP) is 3.44. The van der Waals surface area contributed by atoms with Crippen LogP contribution < -0.4 is 0 Å². The monoisotopic (exact) mass is 362 g/mol. The summed E-state index contributed by atoms with van der Waals surface area (Å²) in [6, 6.07) is 12.0. The molecule has 3 rings (SSSR count). The Balaban J connectivity index is 2.29. The molecule has 9 heteroatoms. The lowest BCUT2D eigenvalue weighted by Crippen LogP contribution is -2.17. The van der Waals surface area contributed by atoms with Gasteiger partial charge in [0.15, 0.2) is 0 Å². The van der Waals surface area contributed by atoms with E-state index in [-0.39, 0.29) is 16.8 Å². The summed E-state index contributed by atoms with van der Waals surface area (Å²) in [5.74, 6) is -1.94. The Morgan fingerprint density at radius 1 is 1.12 bits per heavy atom. The normalized spacial score (nSPS) is 11.4. The number of nitrogens with zero attached hydrogens (tertiary/aromatic N) is 4. The van der Waals surface area contributed by atoms with Crippen LogP contribution in [0.3, 0.4) is 0 Å². The standard InChI is InChI=1S/C17H13F3N4O2/c1-10-13(15(25)26-2)8-12(11-6-4-3-5-7-11)9-14(10)24-16(17(18,19)20)21-22-23-24/h3-9H,1-2H3. The lowest BCUT2D eigenvalue weighted by molar-refractivity contribution is -0.146. The van der Waals surface area contributed by atoms with E-state index in [0.717, 1.165) is 5.56 Å². The van der Waals surface area contributed by atoms with Gasteiger partial charge in [-0.3, -0.25) is 0 Å². The highest BCUT2D eigenvalue weighted by Crippen LogP contribution is 2.32. The lowest BCUT2D eigenvalue weighted by atomic mass is 9.98. The van der Waals surface area contributed by atoms with E-state index in [1.807, 2.05) is 6.07 Å². The molecule has 0 atom stereocenters. The first-order valence-corrected chi connectivity index (χ1v) is 7.47. The number of carbonyl (C=O) groups excluding carboxylic acids is 1. The first-order chi connectivity index (χ1) is 12.3. The molecule has 0 N–H and O–H groups in total. The number of halogens is 3. The Bertz CT molecular complexity index is 952. The number of carbonyl (C=O) groups is 1. The predicted molar refractivity (Wildman–Crippen MR) is 85.7 cm³/mol. The van der Waals surface area contributed by atoms with E-state index in [4.69, 9.17) is 4.74 Å². The van der Waals surface area contributed by atoms with Crippen LogP contribution in [0.1, 0.15) is 21.7 Å². The van der Waals surface area contributed by atoms with E-state index in [2.05, 4.69) is 15.5 Å². The second-order valence-corrected chi connectivity index (χ2v) is 5.44. The number of rotatable bonds is 3. The van der Waals surface area contributed by atoms with Crippen molar-refractivity contribution in [2.24, 2.45) is 0 Å². The number of aromatic nitrogens is 4. The smallest absolute Gasteiger partial charge is 0.453 e. The molecule has 2 aromatic carbocycles. The summed E-state index contributed by atoms with van der Waals surface area (Å²) in [6.45, 7) is 1.51. The number of alkyl halides is 3. The number of ether oxygens (including phenoxy) is 1. The molecule has 134 valence electrons. The largest absolute Gasteiger partial charge is 0.465 e. The van der Waals surface area contributed by atoms with E-state index >= 15 is 0 Å².